The molecule has 144 valence electrons. The normalized spacial score (nSPS) is 16.7. The number of hydrogen-bond donors (Lipinski definition) is 2. The van der Waals surface area contributed by atoms with Crippen molar-refractivity contribution in [3.8, 4) is 0 Å². The van der Waals surface area contributed by atoms with Gasteiger partial charge in [-0.25, -0.2) is 0 Å². The highest BCUT2D eigenvalue weighted by Gasteiger charge is 2.28. The van der Waals surface area contributed by atoms with Crippen molar-refractivity contribution in [3.63, 3.8) is 0 Å². The van der Waals surface area contributed by atoms with E-state index in [1.54, 1.807) is 6.07 Å². The van der Waals surface area contributed by atoms with E-state index in [9.17, 15) is 9.59 Å². The van der Waals surface area contributed by atoms with Crippen molar-refractivity contribution in [1.29, 1.82) is 0 Å². The van der Waals surface area contributed by atoms with Crippen LogP contribution in [0.3, 0.4) is 0 Å². The van der Waals surface area contributed by atoms with Crippen LogP contribution in [0.5, 0.6) is 0 Å². The number of hydrogen-bond acceptors (Lipinski definition) is 4. The van der Waals surface area contributed by atoms with Gasteiger partial charge in [-0.3, -0.25) is 9.59 Å². The van der Waals surface area contributed by atoms with E-state index in [-0.39, 0.29) is 11.8 Å². The van der Waals surface area contributed by atoms with E-state index >= 15 is 0 Å². The Kier molecular flexibility index (Phi) is 6.29. The SMILES string of the molecule is CNCC1CCN(C(=O)c2ccsc2NC(=O)c2ccc(C(C)C)cc2)C1. The van der Waals surface area contributed by atoms with Gasteiger partial charge in [-0.2, -0.15) is 0 Å². The second kappa shape index (κ2) is 8.67. The summed E-state index contributed by atoms with van der Waals surface area (Å²) in [5.74, 6) is 0.738. The lowest BCUT2D eigenvalue weighted by molar-refractivity contribution is 0.0788. The summed E-state index contributed by atoms with van der Waals surface area (Å²) in [6.45, 7) is 6.70. The van der Waals surface area contributed by atoms with Crippen LogP contribution in [0.1, 0.15) is 52.5 Å². The number of carbonyl (C=O) groups is 2. The van der Waals surface area contributed by atoms with Gasteiger partial charge in [0.25, 0.3) is 11.8 Å². The lowest BCUT2D eigenvalue weighted by Gasteiger charge is -2.17. The van der Waals surface area contributed by atoms with E-state index in [1.807, 2.05) is 41.6 Å². The number of nitrogens with one attached hydrogen (secondary N) is 2. The van der Waals surface area contributed by atoms with E-state index < -0.39 is 0 Å². The molecule has 2 amide bonds. The maximum atomic E-state index is 12.9. The molecule has 1 aliphatic rings. The van der Waals surface area contributed by atoms with Gasteiger partial charge in [-0.1, -0.05) is 26.0 Å². The summed E-state index contributed by atoms with van der Waals surface area (Å²) < 4.78 is 0. The number of thiophene rings is 1. The van der Waals surface area contributed by atoms with Gasteiger partial charge in [-0.15, -0.1) is 11.3 Å². The molecular weight excluding hydrogens is 358 g/mol. The van der Waals surface area contributed by atoms with Crippen molar-refractivity contribution < 1.29 is 9.59 Å². The highest BCUT2D eigenvalue weighted by Crippen LogP contribution is 2.28. The Balaban J connectivity index is 1.68. The van der Waals surface area contributed by atoms with Crippen molar-refractivity contribution in [3.05, 3.63) is 52.4 Å². The van der Waals surface area contributed by atoms with Crippen LogP contribution >= 0.6 is 11.3 Å². The summed E-state index contributed by atoms with van der Waals surface area (Å²) in [6, 6.07) is 9.43. The monoisotopic (exact) mass is 385 g/mol. The van der Waals surface area contributed by atoms with Gasteiger partial charge in [0.1, 0.15) is 5.00 Å². The minimum absolute atomic E-state index is 0.000286. The Labute approximate surface area is 164 Å². The fraction of sp³-hybridized carbons (Fsp3) is 0.429. The first kappa shape index (κ1) is 19.6. The first-order chi connectivity index (χ1) is 13.0. The van der Waals surface area contributed by atoms with E-state index in [4.69, 9.17) is 0 Å². The molecule has 0 bridgehead atoms. The molecule has 0 radical (unpaired) electrons. The molecule has 0 saturated carbocycles. The molecule has 6 heteroatoms. The molecular formula is C21H27N3O2S. The summed E-state index contributed by atoms with van der Waals surface area (Å²) in [4.78, 5) is 27.4. The zero-order valence-electron chi connectivity index (χ0n) is 16.1. The predicted octanol–water partition coefficient (Wildman–Crippen LogP) is 3.81. The summed E-state index contributed by atoms with van der Waals surface area (Å²) in [5, 5.41) is 8.57. The van der Waals surface area contributed by atoms with E-state index in [2.05, 4.69) is 24.5 Å². The molecule has 3 rings (SSSR count). The minimum Gasteiger partial charge on any atom is -0.338 e. The van der Waals surface area contributed by atoms with Crippen LogP contribution in [0, 0.1) is 5.92 Å². The molecule has 1 unspecified atom stereocenters. The largest absolute Gasteiger partial charge is 0.338 e. The highest BCUT2D eigenvalue weighted by atomic mass is 32.1. The van der Waals surface area contributed by atoms with Gasteiger partial charge < -0.3 is 15.5 Å². The summed E-state index contributed by atoms with van der Waals surface area (Å²) in [7, 11) is 1.94. The molecule has 1 aliphatic heterocycles. The number of benzene rings is 1. The van der Waals surface area contributed by atoms with Crippen LogP contribution in [0.2, 0.25) is 0 Å². The molecule has 1 saturated heterocycles. The molecule has 2 N–H and O–H groups in total. The van der Waals surface area contributed by atoms with Gasteiger partial charge in [-0.05, 0) is 61.0 Å². The van der Waals surface area contributed by atoms with Crippen LogP contribution in [-0.2, 0) is 0 Å². The van der Waals surface area contributed by atoms with E-state index in [0.717, 1.165) is 26.1 Å². The molecule has 0 aliphatic carbocycles. The van der Waals surface area contributed by atoms with Gasteiger partial charge in [0.05, 0.1) is 5.56 Å². The minimum atomic E-state index is -0.184. The third kappa shape index (κ3) is 4.57. The molecule has 5 nitrogen and oxygen atoms in total. The van der Waals surface area contributed by atoms with E-state index in [1.165, 1.54) is 16.9 Å². The van der Waals surface area contributed by atoms with Crippen LogP contribution in [0.25, 0.3) is 0 Å². The molecule has 1 aromatic heterocycles. The van der Waals surface area contributed by atoms with Crippen molar-refractivity contribution in [1.82, 2.24) is 10.2 Å². The summed E-state index contributed by atoms with van der Waals surface area (Å²) in [6.07, 6.45) is 1.01. The number of likely N-dealkylation sites (tertiary alicyclic amines) is 1. The Morgan fingerprint density at radius 3 is 2.63 bits per heavy atom. The van der Waals surface area contributed by atoms with Crippen LogP contribution in [0.15, 0.2) is 35.7 Å². The number of carbonyl (C=O) groups excluding carboxylic acids is 2. The second-order valence-electron chi connectivity index (χ2n) is 7.36. The van der Waals surface area contributed by atoms with Gasteiger partial charge in [0.15, 0.2) is 0 Å². The Bertz CT molecular complexity index is 798. The standard InChI is InChI=1S/C21H27N3O2S/c1-14(2)16-4-6-17(7-5-16)19(25)23-20-18(9-11-27-20)21(26)24-10-8-15(13-24)12-22-3/h4-7,9,11,14-15,22H,8,10,12-13H2,1-3H3,(H,23,25). The smallest absolute Gasteiger partial charge is 0.256 e. The fourth-order valence-electron chi connectivity index (χ4n) is 3.41. The summed E-state index contributed by atoms with van der Waals surface area (Å²) >= 11 is 1.39. The maximum absolute atomic E-state index is 12.9. The summed E-state index contributed by atoms with van der Waals surface area (Å²) in [5.41, 5.74) is 2.38. The Hall–Kier alpha value is -2.18. The van der Waals surface area contributed by atoms with Crippen LogP contribution in [-0.4, -0.2) is 43.4 Å². The zero-order chi connectivity index (χ0) is 19.4. The van der Waals surface area contributed by atoms with Crippen LogP contribution < -0.4 is 10.6 Å². The van der Waals surface area contributed by atoms with Crippen molar-refractivity contribution in [2.24, 2.45) is 5.92 Å². The quantitative estimate of drug-likeness (QED) is 0.795. The molecule has 1 atom stereocenters. The molecule has 1 fully saturated rings. The predicted molar refractivity (Wildman–Crippen MR) is 111 cm³/mol. The van der Waals surface area contributed by atoms with Gasteiger partial charge in [0, 0.05) is 18.7 Å². The van der Waals surface area contributed by atoms with Crippen molar-refractivity contribution >= 4 is 28.2 Å². The Morgan fingerprint density at radius 2 is 1.96 bits per heavy atom. The number of anilines is 1. The molecule has 2 aromatic rings. The lowest BCUT2D eigenvalue weighted by atomic mass is 10.0. The average Bonchev–Trinajstić information content (AvgIpc) is 3.31. The van der Waals surface area contributed by atoms with E-state index in [0.29, 0.717) is 28.0 Å². The van der Waals surface area contributed by atoms with Crippen molar-refractivity contribution in [2.45, 2.75) is 26.2 Å². The second-order valence-corrected chi connectivity index (χ2v) is 8.27. The topological polar surface area (TPSA) is 61.4 Å². The van der Waals surface area contributed by atoms with Crippen LogP contribution in [0.4, 0.5) is 5.00 Å². The first-order valence-electron chi connectivity index (χ1n) is 9.42. The zero-order valence-corrected chi connectivity index (χ0v) is 16.9. The molecule has 1 aromatic carbocycles. The van der Waals surface area contributed by atoms with Gasteiger partial charge >= 0.3 is 0 Å². The molecule has 27 heavy (non-hydrogen) atoms. The highest BCUT2D eigenvalue weighted by molar-refractivity contribution is 7.14. The fourth-order valence-corrected chi connectivity index (χ4v) is 4.19. The number of rotatable bonds is 6. The molecule has 2 heterocycles. The third-order valence-corrected chi connectivity index (χ3v) is 5.86. The lowest BCUT2D eigenvalue weighted by Crippen LogP contribution is -2.30. The first-order valence-corrected chi connectivity index (χ1v) is 10.3. The third-order valence-electron chi connectivity index (χ3n) is 5.03. The maximum Gasteiger partial charge on any atom is 0.256 e. The van der Waals surface area contributed by atoms with Crippen molar-refractivity contribution in [2.75, 3.05) is 32.0 Å². The van der Waals surface area contributed by atoms with Gasteiger partial charge in [0.2, 0.25) is 0 Å². The number of amides is 2. The molecule has 0 spiro atoms. The average molecular weight is 386 g/mol. The number of nitrogens with zero attached hydrogens (tertiary/aromatic N) is 1. The Morgan fingerprint density at radius 1 is 1.22 bits per heavy atom.